The van der Waals surface area contributed by atoms with Crippen LogP contribution >= 0.6 is 0 Å². The molecule has 2 aliphatic heterocycles. The predicted molar refractivity (Wildman–Crippen MR) is 87.5 cm³/mol. The Hall–Kier alpha value is -1.67. The van der Waals surface area contributed by atoms with Crippen molar-refractivity contribution in [2.24, 2.45) is 0 Å². The number of benzene rings is 1. The summed E-state index contributed by atoms with van der Waals surface area (Å²) in [4.78, 5) is 16.3. The molecule has 2 aliphatic rings. The fourth-order valence-electron chi connectivity index (χ4n) is 3.34. The van der Waals surface area contributed by atoms with Crippen molar-refractivity contribution >= 4 is 15.7 Å². The van der Waals surface area contributed by atoms with Crippen LogP contribution in [0.4, 0.5) is 4.39 Å². The lowest BCUT2D eigenvalue weighted by atomic mass is 10.1. The summed E-state index contributed by atoms with van der Waals surface area (Å²) < 4.78 is 41.8. The number of carbonyl (C=O) groups is 1. The number of sulfone groups is 1. The third-order valence-corrected chi connectivity index (χ3v) is 6.48. The molecule has 1 aromatic carbocycles. The van der Waals surface area contributed by atoms with Crippen LogP contribution in [-0.4, -0.2) is 75.0 Å². The Morgan fingerprint density at radius 1 is 1.25 bits per heavy atom. The number of hydrogen-bond donors (Lipinski definition) is 0. The van der Waals surface area contributed by atoms with E-state index in [9.17, 15) is 17.6 Å². The molecule has 0 saturated carbocycles. The molecule has 132 valence electrons. The largest absolute Gasteiger partial charge is 0.494 e. The van der Waals surface area contributed by atoms with Gasteiger partial charge in [0.25, 0.3) is 5.91 Å². The van der Waals surface area contributed by atoms with E-state index in [2.05, 4.69) is 4.90 Å². The standard InChI is InChI=1S/C16H21FN2O4S/c1-23-15-3-2-12(10-14(15)17)16(20)19-7-5-18(6-8-19)13-4-9-24(21,22)11-13/h2-3,10,13H,4-9,11H2,1H3/t13-/m0/s1. The molecule has 2 fully saturated rings. The quantitative estimate of drug-likeness (QED) is 0.801. The molecule has 24 heavy (non-hydrogen) atoms. The van der Waals surface area contributed by atoms with Crippen LogP contribution in [0.25, 0.3) is 0 Å². The first-order valence-corrected chi connectivity index (χ1v) is 9.79. The van der Waals surface area contributed by atoms with Crippen molar-refractivity contribution in [3.05, 3.63) is 29.6 Å². The Bertz CT molecular complexity index is 730. The SMILES string of the molecule is COc1ccc(C(=O)N2CCN([C@H]3CCS(=O)(=O)C3)CC2)cc1F. The zero-order valence-corrected chi connectivity index (χ0v) is 14.4. The summed E-state index contributed by atoms with van der Waals surface area (Å²) in [5.41, 5.74) is 0.296. The van der Waals surface area contributed by atoms with Crippen molar-refractivity contribution < 1.29 is 22.3 Å². The minimum absolute atomic E-state index is 0.0608. The second-order valence-corrected chi connectivity index (χ2v) is 8.46. The van der Waals surface area contributed by atoms with Crippen molar-refractivity contribution in [2.75, 3.05) is 44.8 Å². The van der Waals surface area contributed by atoms with Crippen LogP contribution in [0.15, 0.2) is 18.2 Å². The molecule has 0 aromatic heterocycles. The maximum atomic E-state index is 13.8. The number of nitrogens with zero attached hydrogens (tertiary/aromatic N) is 2. The highest BCUT2D eigenvalue weighted by molar-refractivity contribution is 7.91. The van der Waals surface area contributed by atoms with E-state index < -0.39 is 15.7 Å². The molecule has 0 aliphatic carbocycles. The summed E-state index contributed by atoms with van der Waals surface area (Å²) in [6, 6.07) is 4.25. The monoisotopic (exact) mass is 356 g/mol. The number of halogens is 1. The molecule has 8 heteroatoms. The van der Waals surface area contributed by atoms with Crippen molar-refractivity contribution in [3.63, 3.8) is 0 Å². The average Bonchev–Trinajstić information content (AvgIpc) is 2.94. The molecule has 1 amide bonds. The molecule has 0 N–H and O–H groups in total. The van der Waals surface area contributed by atoms with Crippen molar-refractivity contribution in [1.29, 1.82) is 0 Å². The number of ether oxygens (including phenoxy) is 1. The molecule has 3 rings (SSSR count). The van der Waals surface area contributed by atoms with Crippen molar-refractivity contribution in [1.82, 2.24) is 9.80 Å². The first kappa shape index (κ1) is 17.2. The van der Waals surface area contributed by atoms with E-state index in [1.165, 1.54) is 19.2 Å². The lowest BCUT2D eigenvalue weighted by Gasteiger charge is -2.37. The Morgan fingerprint density at radius 3 is 2.50 bits per heavy atom. The van der Waals surface area contributed by atoms with Crippen LogP contribution in [0.1, 0.15) is 16.8 Å². The minimum Gasteiger partial charge on any atom is -0.494 e. The van der Waals surface area contributed by atoms with Crippen LogP contribution in [0.2, 0.25) is 0 Å². The molecular formula is C16H21FN2O4S. The van der Waals surface area contributed by atoms with E-state index in [0.29, 0.717) is 38.2 Å². The summed E-state index contributed by atoms with van der Waals surface area (Å²) >= 11 is 0. The lowest BCUT2D eigenvalue weighted by molar-refractivity contribution is 0.0587. The van der Waals surface area contributed by atoms with Crippen LogP contribution in [-0.2, 0) is 9.84 Å². The van der Waals surface area contributed by atoms with Crippen molar-refractivity contribution in [3.8, 4) is 5.75 Å². The van der Waals surface area contributed by atoms with Crippen LogP contribution in [0.5, 0.6) is 5.75 Å². The van der Waals surface area contributed by atoms with Gasteiger partial charge < -0.3 is 9.64 Å². The highest BCUT2D eigenvalue weighted by Crippen LogP contribution is 2.21. The molecule has 0 spiro atoms. The van der Waals surface area contributed by atoms with Gasteiger partial charge in [0, 0.05) is 37.8 Å². The number of hydrogen-bond acceptors (Lipinski definition) is 5. The van der Waals surface area contributed by atoms with E-state index in [1.54, 1.807) is 11.0 Å². The zero-order valence-electron chi connectivity index (χ0n) is 13.6. The Labute approximate surface area is 141 Å². The number of amides is 1. The zero-order chi connectivity index (χ0) is 17.3. The molecule has 0 unspecified atom stereocenters. The third kappa shape index (κ3) is 3.54. The van der Waals surface area contributed by atoms with Gasteiger partial charge in [-0.1, -0.05) is 0 Å². The first-order valence-electron chi connectivity index (χ1n) is 7.97. The van der Waals surface area contributed by atoms with E-state index in [-0.39, 0.29) is 29.2 Å². The van der Waals surface area contributed by atoms with Gasteiger partial charge in [-0.05, 0) is 24.6 Å². The minimum atomic E-state index is -2.90. The maximum absolute atomic E-state index is 13.8. The van der Waals surface area contributed by atoms with E-state index in [4.69, 9.17) is 4.74 Å². The molecule has 0 bridgehead atoms. The highest BCUT2D eigenvalue weighted by atomic mass is 32.2. The highest BCUT2D eigenvalue weighted by Gasteiger charge is 2.34. The van der Waals surface area contributed by atoms with Gasteiger partial charge in [0.15, 0.2) is 21.4 Å². The molecule has 1 aromatic rings. The predicted octanol–water partition coefficient (Wildman–Crippen LogP) is 0.779. The number of carbonyl (C=O) groups excluding carboxylic acids is 1. The van der Waals surface area contributed by atoms with E-state index in [0.717, 1.165) is 0 Å². The summed E-state index contributed by atoms with van der Waals surface area (Å²) in [5, 5.41) is 0. The van der Waals surface area contributed by atoms with Gasteiger partial charge in [-0.2, -0.15) is 0 Å². The van der Waals surface area contributed by atoms with Gasteiger partial charge in [-0.15, -0.1) is 0 Å². The lowest BCUT2D eigenvalue weighted by Crippen LogP contribution is -2.52. The first-order chi connectivity index (χ1) is 11.4. The summed E-state index contributed by atoms with van der Waals surface area (Å²) in [5.74, 6) is -0.195. The second-order valence-electron chi connectivity index (χ2n) is 6.23. The number of methoxy groups -OCH3 is 1. The van der Waals surface area contributed by atoms with Crippen LogP contribution < -0.4 is 4.74 Å². The second kappa shape index (κ2) is 6.68. The van der Waals surface area contributed by atoms with Gasteiger partial charge in [-0.3, -0.25) is 9.69 Å². The van der Waals surface area contributed by atoms with Crippen LogP contribution in [0.3, 0.4) is 0 Å². The Kier molecular flexibility index (Phi) is 4.78. The van der Waals surface area contributed by atoms with Crippen molar-refractivity contribution in [2.45, 2.75) is 12.5 Å². The van der Waals surface area contributed by atoms with Gasteiger partial charge in [0.2, 0.25) is 0 Å². The summed E-state index contributed by atoms with van der Waals surface area (Å²) in [6.07, 6.45) is 0.667. The van der Waals surface area contributed by atoms with Gasteiger partial charge in [0.1, 0.15) is 0 Å². The molecular weight excluding hydrogens is 335 g/mol. The molecule has 2 heterocycles. The molecule has 6 nitrogen and oxygen atoms in total. The number of rotatable bonds is 3. The fraction of sp³-hybridized carbons (Fsp3) is 0.562. The average molecular weight is 356 g/mol. The summed E-state index contributed by atoms with van der Waals surface area (Å²) in [7, 11) is -1.53. The molecule has 0 radical (unpaired) electrons. The normalized spacial score (nSPS) is 24.1. The van der Waals surface area contributed by atoms with Gasteiger partial charge in [-0.25, -0.2) is 12.8 Å². The Balaban J connectivity index is 1.60. The maximum Gasteiger partial charge on any atom is 0.254 e. The molecule has 1 atom stereocenters. The third-order valence-electron chi connectivity index (χ3n) is 4.73. The topological polar surface area (TPSA) is 66.9 Å². The molecule has 2 saturated heterocycles. The van der Waals surface area contributed by atoms with Gasteiger partial charge in [0.05, 0.1) is 18.6 Å². The van der Waals surface area contributed by atoms with Crippen LogP contribution in [0, 0.1) is 5.82 Å². The van der Waals surface area contributed by atoms with E-state index >= 15 is 0 Å². The fourth-order valence-corrected chi connectivity index (χ4v) is 5.10. The summed E-state index contributed by atoms with van der Waals surface area (Å²) in [6.45, 7) is 2.32. The Morgan fingerprint density at radius 2 is 1.96 bits per heavy atom. The smallest absolute Gasteiger partial charge is 0.254 e. The van der Waals surface area contributed by atoms with Gasteiger partial charge >= 0.3 is 0 Å². The number of piperazine rings is 1. The van der Waals surface area contributed by atoms with E-state index in [1.807, 2.05) is 0 Å².